The van der Waals surface area contributed by atoms with E-state index in [0.717, 1.165) is 6.26 Å². The van der Waals surface area contributed by atoms with Gasteiger partial charge in [-0.25, -0.2) is 13.4 Å². The molecule has 0 atom stereocenters. The maximum absolute atomic E-state index is 11.7. The molecule has 0 aliphatic heterocycles. The zero-order valence-electron chi connectivity index (χ0n) is 12.4. The fourth-order valence-electron chi connectivity index (χ4n) is 1.88. The fourth-order valence-corrected chi connectivity index (χ4v) is 3.14. The molecule has 0 spiro atoms. The van der Waals surface area contributed by atoms with Crippen LogP contribution in [0.2, 0.25) is 10.0 Å². The molecule has 2 rings (SSSR count). The maximum atomic E-state index is 11.7. The first-order chi connectivity index (χ1) is 10.9. The van der Waals surface area contributed by atoms with Crippen LogP contribution >= 0.6 is 23.2 Å². The molecular formula is C15H16Cl2N2O3S. The van der Waals surface area contributed by atoms with E-state index >= 15 is 0 Å². The molecule has 0 bridgehead atoms. The second kappa shape index (κ2) is 7.86. The van der Waals surface area contributed by atoms with Crippen molar-refractivity contribution in [3.8, 4) is 5.75 Å². The highest BCUT2D eigenvalue weighted by atomic mass is 35.5. The Kier molecular flexibility index (Phi) is 6.10. The SMILES string of the molecule is CS(=O)(=O)c1cccnc1NCCCOc1ccc(Cl)cc1Cl. The van der Waals surface area contributed by atoms with Gasteiger partial charge in [-0.05, 0) is 36.8 Å². The van der Waals surface area contributed by atoms with Crippen molar-refractivity contribution in [2.75, 3.05) is 24.7 Å². The second-order valence-corrected chi connectivity index (χ2v) is 7.65. The van der Waals surface area contributed by atoms with E-state index in [1.165, 1.54) is 6.07 Å². The molecule has 0 unspecified atom stereocenters. The number of hydrogen-bond donors (Lipinski definition) is 1. The lowest BCUT2D eigenvalue weighted by Gasteiger charge is -2.11. The number of aromatic nitrogens is 1. The maximum Gasteiger partial charge on any atom is 0.179 e. The molecule has 0 amide bonds. The van der Waals surface area contributed by atoms with Crippen LogP contribution in [0.15, 0.2) is 41.4 Å². The molecule has 1 aromatic heterocycles. The summed E-state index contributed by atoms with van der Waals surface area (Å²) in [6.45, 7) is 0.945. The summed E-state index contributed by atoms with van der Waals surface area (Å²) in [6.07, 6.45) is 3.35. The van der Waals surface area contributed by atoms with Crippen LogP contribution in [0.4, 0.5) is 5.82 Å². The van der Waals surface area contributed by atoms with Gasteiger partial charge in [0.25, 0.3) is 0 Å². The van der Waals surface area contributed by atoms with E-state index in [9.17, 15) is 8.42 Å². The summed E-state index contributed by atoms with van der Waals surface area (Å²) in [5.74, 6) is 0.908. The molecule has 8 heteroatoms. The van der Waals surface area contributed by atoms with Gasteiger partial charge in [0.15, 0.2) is 9.84 Å². The van der Waals surface area contributed by atoms with Gasteiger partial charge in [-0.15, -0.1) is 0 Å². The molecule has 5 nitrogen and oxygen atoms in total. The number of rotatable bonds is 7. The normalized spacial score (nSPS) is 11.3. The Bertz CT molecular complexity index is 782. The van der Waals surface area contributed by atoms with E-state index in [0.29, 0.717) is 41.2 Å². The lowest BCUT2D eigenvalue weighted by Crippen LogP contribution is -2.11. The highest BCUT2D eigenvalue weighted by Gasteiger charge is 2.13. The monoisotopic (exact) mass is 374 g/mol. The number of anilines is 1. The first-order valence-electron chi connectivity index (χ1n) is 6.85. The zero-order chi connectivity index (χ0) is 16.9. The average Bonchev–Trinajstić information content (AvgIpc) is 2.48. The summed E-state index contributed by atoms with van der Waals surface area (Å²) < 4.78 is 28.9. The number of sulfone groups is 1. The van der Waals surface area contributed by atoms with Crippen molar-refractivity contribution in [2.45, 2.75) is 11.3 Å². The minimum Gasteiger partial charge on any atom is -0.492 e. The number of nitrogens with zero attached hydrogens (tertiary/aromatic N) is 1. The van der Waals surface area contributed by atoms with Crippen LogP contribution in [-0.4, -0.2) is 32.8 Å². The first-order valence-corrected chi connectivity index (χ1v) is 9.49. The van der Waals surface area contributed by atoms with Crippen LogP contribution in [-0.2, 0) is 9.84 Å². The predicted octanol–water partition coefficient (Wildman–Crippen LogP) is 3.67. The van der Waals surface area contributed by atoms with Crippen LogP contribution in [0.5, 0.6) is 5.75 Å². The minimum absolute atomic E-state index is 0.182. The molecule has 0 radical (unpaired) electrons. The largest absolute Gasteiger partial charge is 0.492 e. The smallest absolute Gasteiger partial charge is 0.179 e. The van der Waals surface area contributed by atoms with Crippen molar-refractivity contribution in [1.29, 1.82) is 0 Å². The van der Waals surface area contributed by atoms with Crippen molar-refractivity contribution in [3.05, 3.63) is 46.6 Å². The molecule has 23 heavy (non-hydrogen) atoms. The summed E-state index contributed by atoms with van der Waals surface area (Å²) in [4.78, 5) is 4.24. The molecule has 0 aliphatic carbocycles. The Morgan fingerprint density at radius 1 is 1.26 bits per heavy atom. The quantitative estimate of drug-likeness (QED) is 0.748. The Balaban J connectivity index is 1.85. The predicted molar refractivity (Wildman–Crippen MR) is 92.4 cm³/mol. The molecule has 124 valence electrons. The Morgan fingerprint density at radius 3 is 2.74 bits per heavy atom. The van der Waals surface area contributed by atoms with Crippen LogP contribution in [0.1, 0.15) is 6.42 Å². The fraction of sp³-hybridized carbons (Fsp3) is 0.267. The molecule has 0 aliphatic rings. The molecule has 1 N–H and O–H groups in total. The van der Waals surface area contributed by atoms with E-state index in [4.69, 9.17) is 27.9 Å². The minimum atomic E-state index is -3.32. The standard InChI is InChI=1S/C15H16Cl2N2O3S/c1-23(20,21)14-4-2-7-18-15(14)19-8-3-9-22-13-6-5-11(16)10-12(13)17/h2,4-7,10H,3,8-9H2,1H3,(H,18,19). The summed E-state index contributed by atoms with van der Waals surface area (Å²) in [5.41, 5.74) is 0. The average molecular weight is 375 g/mol. The highest BCUT2D eigenvalue weighted by molar-refractivity contribution is 7.90. The zero-order valence-corrected chi connectivity index (χ0v) is 14.7. The third-order valence-electron chi connectivity index (χ3n) is 2.94. The number of benzene rings is 1. The Labute approximate surface area is 145 Å². The van der Waals surface area contributed by atoms with E-state index < -0.39 is 9.84 Å². The van der Waals surface area contributed by atoms with Gasteiger partial charge in [0.05, 0.1) is 11.6 Å². The molecule has 0 fully saturated rings. The summed E-state index contributed by atoms with van der Waals surface area (Å²) in [5, 5.41) is 4.01. The highest BCUT2D eigenvalue weighted by Crippen LogP contribution is 2.27. The molecule has 1 aromatic carbocycles. The van der Waals surface area contributed by atoms with Crippen molar-refractivity contribution in [2.24, 2.45) is 0 Å². The van der Waals surface area contributed by atoms with Crippen molar-refractivity contribution in [1.82, 2.24) is 4.98 Å². The van der Waals surface area contributed by atoms with Crippen LogP contribution < -0.4 is 10.1 Å². The third-order valence-corrected chi connectivity index (χ3v) is 4.59. The molecule has 0 saturated carbocycles. The first kappa shape index (κ1) is 17.8. The lowest BCUT2D eigenvalue weighted by atomic mass is 10.3. The van der Waals surface area contributed by atoms with Crippen LogP contribution in [0.3, 0.4) is 0 Å². The summed E-state index contributed by atoms with van der Waals surface area (Å²) in [6, 6.07) is 8.14. The molecular weight excluding hydrogens is 359 g/mol. The van der Waals surface area contributed by atoms with E-state index in [1.807, 2.05) is 0 Å². The van der Waals surface area contributed by atoms with E-state index in [1.54, 1.807) is 30.5 Å². The van der Waals surface area contributed by atoms with Gasteiger partial charge < -0.3 is 10.1 Å². The topological polar surface area (TPSA) is 68.3 Å². The van der Waals surface area contributed by atoms with E-state index in [-0.39, 0.29) is 4.90 Å². The van der Waals surface area contributed by atoms with Crippen molar-refractivity contribution < 1.29 is 13.2 Å². The van der Waals surface area contributed by atoms with Gasteiger partial charge in [0.2, 0.25) is 0 Å². The Hall–Kier alpha value is -1.50. The Morgan fingerprint density at radius 2 is 2.04 bits per heavy atom. The number of nitrogens with one attached hydrogen (secondary N) is 1. The molecule has 2 aromatic rings. The second-order valence-electron chi connectivity index (χ2n) is 4.83. The number of ether oxygens (including phenoxy) is 1. The molecule has 0 saturated heterocycles. The van der Waals surface area contributed by atoms with Gasteiger partial charge in [-0.3, -0.25) is 0 Å². The van der Waals surface area contributed by atoms with Gasteiger partial charge >= 0.3 is 0 Å². The lowest BCUT2D eigenvalue weighted by molar-refractivity contribution is 0.315. The summed E-state index contributed by atoms with van der Waals surface area (Å²) >= 11 is 11.8. The van der Waals surface area contributed by atoms with Gasteiger partial charge in [0.1, 0.15) is 16.5 Å². The van der Waals surface area contributed by atoms with Gasteiger partial charge in [0, 0.05) is 24.0 Å². The van der Waals surface area contributed by atoms with Crippen molar-refractivity contribution >= 4 is 38.9 Å². The van der Waals surface area contributed by atoms with Crippen LogP contribution in [0, 0.1) is 0 Å². The van der Waals surface area contributed by atoms with Gasteiger partial charge in [-0.1, -0.05) is 23.2 Å². The summed E-state index contributed by atoms with van der Waals surface area (Å²) in [7, 11) is -3.32. The number of halogens is 2. The van der Waals surface area contributed by atoms with E-state index in [2.05, 4.69) is 10.3 Å². The number of pyridine rings is 1. The van der Waals surface area contributed by atoms with Gasteiger partial charge in [-0.2, -0.15) is 0 Å². The molecule has 1 heterocycles. The van der Waals surface area contributed by atoms with Crippen LogP contribution in [0.25, 0.3) is 0 Å². The number of hydrogen-bond acceptors (Lipinski definition) is 5. The van der Waals surface area contributed by atoms with Crippen molar-refractivity contribution in [3.63, 3.8) is 0 Å². The third kappa shape index (κ3) is 5.27.